The molecule has 1 atom stereocenters. The molecule has 0 saturated heterocycles. The minimum Gasteiger partial charge on any atom is -0.330 e. The van der Waals surface area contributed by atoms with Crippen molar-refractivity contribution in [3.05, 3.63) is 11.6 Å². The third-order valence-corrected chi connectivity index (χ3v) is 1.65. The summed E-state index contributed by atoms with van der Waals surface area (Å²) in [7, 11) is 0. The zero-order valence-corrected chi connectivity index (χ0v) is 4.65. The van der Waals surface area contributed by atoms with Gasteiger partial charge in [0.1, 0.15) is 0 Å². The van der Waals surface area contributed by atoms with Gasteiger partial charge in [-0.05, 0) is 25.8 Å². The van der Waals surface area contributed by atoms with Crippen LogP contribution in [0, 0.1) is 5.92 Å². The van der Waals surface area contributed by atoms with E-state index in [9.17, 15) is 0 Å². The highest BCUT2D eigenvalue weighted by molar-refractivity contribution is 5.15. The smallest absolute Gasteiger partial charge is 0.000861 e. The minimum atomic E-state index is 0.722. The third kappa shape index (κ3) is 0.682. The van der Waals surface area contributed by atoms with Gasteiger partial charge in [0.25, 0.3) is 0 Å². The van der Waals surface area contributed by atoms with Crippen molar-refractivity contribution >= 4 is 0 Å². The van der Waals surface area contributed by atoms with Gasteiger partial charge in [-0.3, -0.25) is 0 Å². The summed E-state index contributed by atoms with van der Waals surface area (Å²) < 4.78 is 0. The maximum absolute atomic E-state index is 5.38. The molecule has 1 aliphatic carbocycles. The molecule has 0 aromatic heterocycles. The van der Waals surface area contributed by atoms with Crippen molar-refractivity contribution in [1.82, 2.24) is 0 Å². The molecular formula is C6H11N. The Morgan fingerprint density at radius 1 is 2.00 bits per heavy atom. The molecule has 0 aliphatic heterocycles. The van der Waals surface area contributed by atoms with Crippen molar-refractivity contribution < 1.29 is 0 Å². The van der Waals surface area contributed by atoms with E-state index in [1.54, 1.807) is 0 Å². The van der Waals surface area contributed by atoms with E-state index in [4.69, 9.17) is 5.73 Å². The van der Waals surface area contributed by atoms with Crippen LogP contribution in [0.1, 0.15) is 13.3 Å². The van der Waals surface area contributed by atoms with Crippen molar-refractivity contribution in [2.24, 2.45) is 11.7 Å². The standard InChI is InChI=1S/C6H11N/c1-5-2-3-6(5)4-7/h2,6H,3-4,7H2,1H3. The van der Waals surface area contributed by atoms with Gasteiger partial charge in [-0.15, -0.1) is 0 Å². The lowest BCUT2D eigenvalue weighted by Gasteiger charge is -2.21. The molecule has 1 aliphatic rings. The number of hydrogen-bond acceptors (Lipinski definition) is 1. The number of hydrogen-bond donors (Lipinski definition) is 1. The first-order valence-electron chi connectivity index (χ1n) is 2.71. The second-order valence-electron chi connectivity index (χ2n) is 2.12. The van der Waals surface area contributed by atoms with Crippen molar-refractivity contribution in [3.63, 3.8) is 0 Å². The van der Waals surface area contributed by atoms with Gasteiger partial charge in [0.2, 0.25) is 0 Å². The molecule has 0 spiro atoms. The van der Waals surface area contributed by atoms with E-state index in [1.807, 2.05) is 0 Å². The lowest BCUT2D eigenvalue weighted by atomic mass is 9.86. The second kappa shape index (κ2) is 1.66. The summed E-state index contributed by atoms with van der Waals surface area (Å²) in [4.78, 5) is 0. The van der Waals surface area contributed by atoms with E-state index in [1.165, 1.54) is 12.0 Å². The Balaban J connectivity index is 2.37. The molecule has 0 fully saturated rings. The monoisotopic (exact) mass is 97.1 g/mol. The van der Waals surface area contributed by atoms with Crippen LogP contribution in [0.3, 0.4) is 0 Å². The largest absolute Gasteiger partial charge is 0.330 e. The Kier molecular flexibility index (Phi) is 1.15. The van der Waals surface area contributed by atoms with Crippen molar-refractivity contribution in [1.29, 1.82) is 0 Å². The summed E-state index contributed by atoms with van der Waals surface area (Å²) in [5.74, 6) is 0.722. The van der Waals surface area contributed by atoms with E-state index in [2.05, 4.69) is 13.0 Å². The molecule has 0 bridgehead atoms. The van der Waals surface area contributed by atoms with Crippen LogP contribution in [0.4, 0.5) is 0 Å². The molecule has 7 heavy (non-hydrogen) atoms. The molecule has 40 valence electrons. The van der Waals surface area contributed by atoms with Crippen LogP contribution in [-0.4, -0.2) is 6.54 Å². The molecule has 0 radical (unpaired) electrons. The molecular weight excluding hydrogens is 86.1 g/mol. The second-order valence-corrected chi connectivity index (χ2v) is 2.12. The predicted molar refractivity (Wildman–Crippen MR) is 30.9 cm³/mol. The van der Waals surface area contributed by atoms with Gasteiger partial charge in [0, 0.05) is 0 Å². The van der Waals surface area contributed by atoms with Crippen LogP contribution in [-0.2, 0) is 0 Å². The van der Waals surface area contributed by atoms with E-state index < -0.39 is 0 Å². The van der Waals surface area contributed by atoms with Gasteiger partial charge >= 0.3 is 0 Å². The predicted octanol–water partition coefficient (Wildman–Crippen LogP) is 0.911. The van der Waals surface area contributed by atoms with Crippen LogP contribution in [0.2, 0.25) is 0 Å². The van der Waals surface area contributed by atoms with E-state index in [-0.39, 0.29) is 0 Å². The SMILES string of the molecule is CC1=CCC1CN. The van der Waals surface area contributed by atoms with Gasteiger partial charge in [-0.1, -0.05) is 11.6 Å². The number of rotatable bonds is 1. The summed E-state index contributed by atoms with van der Waals surface area (Å²) in [6.45, 7) is 2.98. The fraction of sp³-hybridized carbons (Fsp3) is 0.667. The molecule has 1 nitrogen and oxygen atoms in total. The zero-order chi connectivity index (χ0) is 5.28. The normalized spacial score (nSPS) is 28.9. The summed E-state index contributed by atoms with van der Waals surface area (Å²) in [6.07, 6.45) is 3.44. The average molecular weight is 97.2 g/mol. The molecule has 0 aromatic carbocycles. The van der Waals surface area contributed by atoms with E-state index >= 15 is 0 Å². The summed E-state index contributed by atoms with van der Waals surface area (Å²) >= 11 is 0. The molecule has 2 N–H and O–H groups in total. The Morgan fingerprint density at radius 2 is 2.71 bits per heavy atom. The Labute approximate surface area is 44.2 Å². The maximum atomic E-state index is 5.38. The van der Waals surface area contributed by atoms with Crippen molar-refractivity contribution in [2.45, 2.75) is 13.3 Å². The first-order chi connectivity index (χ1) is 3.34. The molecule has 1 rings (SSSR count). The fourth-order valence-electron chi connectivity index (χ4n) is 0.802. The molecule has 0 saturated carbocycles. The lowest BCUT2D eigenvalue weighted by molar-refractivity contribution is 0.575. The highest BCUT2D eigenvalue weighted by atomic mass is 14.6. The Bertz CT molecular complexity index is 94.4. The van der Waals surface area contributed by atoms with Gasteiger partial charge in [-0.2, -0.15) is 0 Å². The highest BCUT2D eigenvalue weighted by Crippen LogP contribution is 2.24. The topological polar surface area (TPSA) is 26.0 Å². The minimum absolute atomic E-state index is 0.722. The Hall–Kier alpha value is -0.300. The van der Waals surface area contributed by atoms with Crippen LogP contribution in [0.5, 0.6) is 0 Å². The van der Waals surface area contributed by atoms with E-state index in [0.717, 1.165) is 12.5 Å². The summed E-state index contributed by atoms with van der Waals surface area (Å²) in [5, 5.41) is 0. The third-order valence-electron chi connectivity index (χ3n) is 1.65. The number of nitrogens with two attached hydrogens (primary N) is 1. The van der Waals surface area contributed by atoms with Gasteiger partial charge in [0.05, 0.1) is 0 Å². The fourth-order valence-corrected chi connectivity index (χ4v) is 0.802. The van der Waals surface area contributed by atoms with Crippen LogP contribution >= 0.6 is 0 Å². The van der Waals surface area contributed by atoms with E-state index in [0.29, 0.717) is 0 Å². The molecule has 1 unspecified atom stereocenters. The quantitative estimate of drug-likeness (QED) is 0.483. The average Bonchev–Trinajstić information content (AvgIpc) is 1.65. The van der Waals surface area contributed by atoms with Crippen LogP contribution < -0.4 is 5.73 Å². The van der Waals surface area contributed by atoms with Crippen molar-refractivity contribution in [3.8, 4) is 0 Å². The Morgan fingerprint density at radius 3 is 2.71 bits per heavy atom. The molecule has 0 aromatic rings. The van der Waals surface area contributed by atoms with Gasteiger partial charge in [-0.25, -0.2) is 0 Å². The highest BCUT2D eigenvalue weighted by Gasteiger charge is 2.13. The lowest BCUT2D eigenvalue weighted by Crippen LogP contribution is -2.20. The van der Waals surface area contributed by atoms with Gasteiger partial charge < -0.3 is 5.73 Å². The van der Waals surface area contributed by atoms with Crippen molar-refractivity contribution in [2.75, 3.05) is 6.54 Å². The summed E-state index contributed by atoms with van der Waals surface area (Å²) in [5.41, 5.74) is 6.86. The zero-order valence-electron chi connectivity index (χ0n) is 4.65. The van der Waals surface area contributed by atoms with Crippen LogP contribution in [0.15, 0.2) is 11.6 Å². The van der Waals surface area contributed by atoms with Crippen LogP contribution in [0.25, 0.3) is 0 Å². The molecule has 0 heterocycles. The maximum Gasteiger partial charge on any atom is -0.000861 e. The first kappa shape index (κ1) is 4.85. The molecule has 0 amide bonds. The number of allylic oxidation sites excluding steroid dienone is 1. The van der Waals surface area contributed by atoms with Gasteiger partial charge in [0.15, 0.2) is 0 Å². The first-order valence-corrected chi connectivity index (χ1v) is 2.71. The summed E-state index contributed by atoms with van der Waals surface area (Å²) in [6, 6.07) is 0. The molecule has 1 heteroatoms.